The highest BCUT2D eigenvalue weighted by Gasteiger charge is 2.36. The van der Waals surface area contributed by atoms with Crippen molar-refractivity contribution in [2.75, 3.05) is 19.6 Å². The summed E-state index contributed by atoms with van der Waals surface area (Å²) in [6.07, 6.45) is 7.97. The van der Waals surface area contributed by atoms with Crippen molar-refractivity contribution < 1.29 is 4.79 Å². The third-order valence-corrected chi connectivity index (χ3v) is 5.82. The molecule has 1 atom stereocenters. The van der Waals surface area contributed by atoms with Gasteiger partial charge in [-0.3, -0.25) is 9.69 Å². The summed E-state index contributed by atoms with van der Waals surface area (Å²) in [5.41, 5.74) is 5.58. The molecule has 4 aliphatic heterocycles. The van der Waals surface area contributed by atoms with Gasteiger partial charge in [-0.1, -0.05) is 31.2 Å². The molecule has 1 aromatic rings. The Balaban J connectivity index is 1.44. The van der Waals surface area contributed by atoms with Crippen LogP contribution in [0.5, 0.6) is 0 Å². The highest BCUT2D eigenvalue weighted by Crippen LogP contribution is 2.36. The molecule has 5 nitrogen and oxygen atoms in total. The van der Waals surface area contributed by atoms with Gasteiger partial charge in [-0.25, -0.2) is 4.99 Å². The Labute approximate surface area is 159 Å². The van der Waals surface area contributed by atoms with Crippen molar-refractivity contribution in [3.63, 3.8) is 0 Å². The topological polar surface area (TPSA) is 47.9 Å². The lowest BCUT2D eigenvalue weighted by molar-refractivity contribution is -0.115. The number of likely N-dealkylation sites (tertiary alicyclic amines) is 1. The van der Waals surface area contributed by atoms with E-state index in [2.05, 4.69) is 46.3 Å². The molecule has 0 aliphatic carbocycles. The zero-order valence-electron chi connectivity index (χ0n) is 15.6. The van der Waals surface area contributed by atoms with Gasteiger partial charge in [0.15, 0.2) is 0 Å². The zero-order chi connectivity index (χ0) is 18.4. The number of hydrogen-bond donors (Lipinski definition) is 1. The summed E-state index contributed by atoms with van der Waals surface area (Å²) in [5.74, 6) is 1.17. The fourth-order valence-electron chi connectivity index (χ4n) is 4.43. The molecule has 0 spiro atoms. The van der Waals surface area contributed by atoms with Gasteiger partial charge in [-0.05, 0) is 37.6 Å². The van der Waals surface area contributed by atoms with Gasteiger partial charge in [-0.2, -0.15) is 0 Å². The molecule has 1 saturated heterocycles. The van der Waals surface area contributed by atoms with E-state index < -0.39 is 0 Å². The minimum atomic E-state index is -0.0608. The fourth-order valence-corrected chi connectivity index (χ4v) is 4.43. The lowest BCUT2D eigenvalue weighted by Crippen LogP contribution is -2.32. The van der Waals surface area contributed by atoms with Gasteiger partial charge >= 0.3 is 0 Å². The van der Waals surface area contributed by atoms with Crippen molar-refractivity contribution in [2.45, 2.75) is 26.3 Å². The molecule has 0 aromatic heterocycles. The SMILES string of the molecule is C[C@H]1CN2C(c3ccc(CN4CCCC4)cc3)=NC=C3C=CC(=O)NC1=C32. The van der Waals surface area contributed by atoms with Crippen LogP contribution in [0.15, 0.2) is 64.6 Å². The maximum atomic E-state index is 12.0. The molecule has 27 heavy (non-hydrogen) atoms. The van der Waals surface area contributed by atoms with Crippen LogP contribution in [-0.4, -0.2) is 41.2 Å². The minimum absolute atomic E-state index is 0.0608. The van der Waals surface area contributed by atoms with E-state index in [1.165, 1.54) is 31.5 Å². The predicted molar refractivity (Wildman–Crippen MR) is 106 cm³/mol. The minimum Gasteiger partial charge on any atom is -0.324 e. The predicted octanol–water partition coefficient (Wildman–Crippen LogP) is 2.78. The number of nitrogens with zero attached hydrogens (tertiary/aromatic N) is 3. The van der Waals surface area contributed by atoms with E-state index in [4.69, 9.17) is 4.99 Å². The molecule has 0 radical (unpaired) electrons. The molecule has 4 heterocycles. The first-order valence-corrected chi connectivity index (χ1v) is 9.80. The van der Waals surface area contributed by atoms with Crippen molar-refractivity contribution in [1.82, 2.24) is 15.1 Å². The number of amides is 1. The van der Waals surface area contributed by atoms with Crippen molar-refractivity contribution in [1.29, 1.82) is 0 Å². The number of hydrogen-bond acceptors (Lipinski definition) is 4. The van der Waals surface area contributed by atoms with Gasteiger partial charge in [0, 0.05) is 48.1 Å². The van der Waals surface area contributed by atoms with Gasteiger partial charge in [0.1, 0.15) is 5.84 Å². The Morgan fingerprint density at radius 1 is 1.15 bits per heavy atom. The number of carbonyl (C=O) groups is 1. The van der Waals surface area contributed by atoms with Gasteiger partial charge in [0.25, 0.3) is 0 Å². The van der Waals surface area contributed by atoms with E-state index in [1.54, 1.807) is 6.08 Å². The average molecular weight is 360 g/mol. The van der Waals surface area contributed by atoms with Gasteiger partial charge in [0.05, 0.1) is 5.70 Å². The molecule has 5 rings (SSSR count). The van der Waals surface area contributed by atoms with Gasteiger partial charge < -0.3 is 10.2 Å². The molecule has 5 heteroatoms. The second-order valence-electron chi connectivity index (χ2n) is 7.81. The van der Waals surface area contributed by atoms with Crippen molar-refractivity contribution in [2.24, 2.45) is 10.9 Å². The lowest BCUT2D eigenvalue weighted by atomic mass is 10.1. The normalized spacial score (nSPS) is 24.6. The molecule has 0 bridgehead atoms. The molecule has 0 unspecified atom stereocenters. The van der Waals surface area contributed by atoms with Gasteiger partial charge in [0.2, 0.25) is 5.91 Å². The van der Waals surface area contributed by atoms with Crippen LogP contribution < -0.4 is 5.32 Å². The third kappa shape index (κ3) is 2.92. The lowest BCUT2D eigenvalue weighted by Gasteiger charge is -2.28. The first kappa shape index (κ1) is 16.5. The number of benzene rings is 1. The van der Waals surface area contributed by atoms with E-state index in [9.17, 15) is 4.79 Å². The molecule has 1 aromatic carbocycles. The number of carbonyl (C=O) groups excluding carboxylic acids is 1. The van der Waals surface area contributed by atoms with Crippen LogP contribution in [0.2, 0.25) is 0 Å². The summed E-state index contributed by atoms with van der Waals surface area (Å²) < 4.78 is 0. The maximum Gasteiger partial charge on any atom is 0.248 e. The highest BCUT2D eigenvalue weighted by atomic mass is 16.1. The van der Waals surface area contributed by atoms with E-state index >= 15 is 0 Å². The van der Waals surface area contributed by atoms with Gasteiger partial charge in [-0.15, -0.1) is 0 Å². The molecule has 0 saturated carbocycles. The Bertz CT molecular complexity index is 901. The first-order chi connectivity index (χ1) is 13.2. The third-order valence-electron chi connectivity index (χ3n) is 5.82. The number of rotatable bonds is 3. The number of nitrogens with one attached hydrogen (secondary N) is 1. The molecule has 1 fully saturated rings. The first-order valence-electron chi connectivity index (χ1n) is 9.80. The summed E-state index contributed by atoms with van der Waals surface area (Å²) in [7, 11) is 0. The molecule has 4 aliphatic rings. The van der Waals surface area contributed by atoms with Crippen molar-refractivity contribution in [3.05, 3.63) is 70.7 Å². The molecule has 1 amide bonds. The largest absolute Gasteiger partial charge is 0.324 e. The van der Waals surface area contributed by atoms with Crippen molar-refractivity contribution >= 4 is 11.7 Å². The van der Waals surface area contributed by atoms with E-state index in [1.807, 2.05) is 12.3 Å². The molecule has 1 N–H and O–H groups in total. The van der Waals surface area contributed by atoms with E-state index in [-0.39, 0.29) is 11.8 Å². The van der Waals surface area contributed by atoms with Crippen LogP contribution in [-0.2, 0) is 11.3 Å². The Morgan fingerprint density at radius 2 is 1.93 bits per heavy atom. The Morgan fingerprint density at radius 3 is 2.70 bits per heavy atom. The van der Waals surface area contributed by atoms with Crippen LogP contribution in [0.3, 0.4) is 0 Å². The second kappa shape index (κ2) is 6.50. The number of allylic oxidation sites excluding steroid dienone is 1. The van der Waals surface area contributed by atoms with Crippen molar-refractivity contribution in [3.8, 4) is 0 Å². The van der Waals surface area contributed by atoms with Crippen LogP contribution in [0.4, 0.5) is 0 Å². The monoisotopic (exact) mass is 360 g/mol. The smallest absolute Gasteiger partial charge is 0.248 e. The molecular weight excluding hydrogens is 336 g/mol. The molecule has 138 valence electrons. The summed E-state index contributed by atoms with van der Waals surface area (Å²) in [5, 5.41) is 3.05. The summed E-state index contributed by atoms with van der Waals surface area (Å²) in [6, 6.07) is 8.80. The summed E-state index contributed by atoms with van der Waals surface area (Å²) >= 11 is 0. The van der Waals surface area contributed by atoms with E-state index in [0.717, 1.165) is 41.5 Å². The summed E-state index contributed by atoms with van der Waals surface area (Å²) in [4.78, 5) is 21.5. The average Bonchev–Trinajstić information content (AvgIpc) is 3.24. The Kier molecular flexibility index (Phi) is 3.97. The van der Waals surface area contributed by atoms with Crippen LogP contribution in [0.1, 0.15) is 30.9 Å². The maximum absolute atomic E-state index is 12.0. The van der Waals surface area contributed by atoms with Crippen LogP contribution in [0, 0.1) is 5.92 Å². The quantitative estimate of drug-likeness (QED) is 0.902. The van der Waals surface area contributed by atoms with E-state index in [0.29, 0.717) is 0 Å². The second-order valence-corrected chi connectivity index (χ2v) is 7.81. The van der Waals surface area contributed by atoms with Crippen LogP contribution in [0.25, 0.3) is 0 Å². The van der Waals surface area contributed by atoms with Crippen LogP contribution >= 0.6 is 0 Å². The standard InChI is InChI=1S/C22H24N4O/c1-15-13-26-21-18(8-9-19(27)24-20(15)21)12-23-22(26)17-6-4-16(5-7-17)14-25-10-2-3-11-25/h4-9,12,15H,2-3,10-11,13-14H2,1H3,(H,24,27)/t15-/m0/s1. The summed E-state index contributed by atoms with van der Waals surface area (Å²) in [6.45, 7) is 6.45. The number of aliphatic imine (C=N–C) groups is 1. The number of amidine groups is 1. The highest BCUT2D eigenvalue weighted by molar-refractivity contribution is 6.03. The molecular formula is C22H24N4O. The Hall–Kier alpha value is -2.66. The zero-order valence-corrected chi connectivity index (χ0v) is 15.6. The fraction of sp³-hybridized carbons (Fsp3) is 0.364.